The third-order valence-electron chi connectivity index (χ3n) is 11.7. The van der Waals surface area contributed by atoms with E-state index in [1.54, 1.807) is 65.8 Å². The number of carbonyl (C=O) groups is 8. The van der Waals surface area contributed by atoms with Crippen molar-refractivity contribution in [1.82, 2.24) is 42.5 Å². The molecule has 0 radical (unpaired) electrons. The van der Waals surface area contributed by atoms with Crippen LogP contribution in [0, 0.1) is 29.6 Å². The second-order valence-electron chi connectivity index (χ2n) is 18.2. The second kappa shape index (κ2) is 26.5. The van der Waals surface area contributed by atoms with E-state index in [1.807, 2.05) is 33.8 Å². The number of hydrogen-bond donors (Lipinski definition) is 9. The van der Waals surface area contributed by atoms with Gasteiger partial charge in [-0.2, -0.15) is 0 Å². The van der Waals surface area contributed by atoms with Crippen molar-refractivity contribution in [2.45, 2.75) is 169 Å². The van der Waals surface area contributed by atoms with Gasteiger partial charge in [0, 0.05) is 6.42 Å². The summed E-state index contributed by atoms with van der Waals surface area (Å²) < 4.78 is 0. The summed E-state index contributed by atoms with van der Waals surface area (Å²) in [6.45, 7) is 19.7. The Balaban J connectivity index is 2.77. The van der Waals surface area contributed by atoms with Gasteiger partial charge in [0.25, 0.3) is 0 Å². The second-order valence-corrected chi connectivity index (χ2v) is 18.2. The van der Waals surface area contributed by atoms with E-state index in [1.165, 1.54) is 6.92 Å². The highest BCUT2D eigenvalue weighted by atomic mass is 16.2. The fourth-order valence-electron chi connectivity index (χ4n) is 7.19. The Morgan fingerprint density at radius 1 is 0.492 bits per heavy atom. The lowest BCUT2D eigenvalue weighted by atomic mass is 9.95. The Bertz CT molecular complexity index is 1690. The molecule has 0 aromatic heterocycles. The van der Waals surface area contributed by atoms with Crippen LogP contribution in [-0.2, 0) is 44.8 Å². The number of nitrogens with one attached hydrogen (secondary N) is 8. The molecule has 0 saturated carbocycles. The first-order valence-corrected chi connectivity index (χ1v) is 22.8. The molecule has 17 heteroatoms. The minimum atomic E-state index is -1.20. The van der Waals surface area contributed by atoms with E-state index in [0.717, 1.165) is 5.56 Å². The van der Waals surface area contributed by atoms with Crippen molar-refractivity contribution >= 4 is 47.3 Å². The van der Waals surface area contributed by atoms with Gasteiger partial charge in [-0.05, 0) is 74.3 Å². The standard InChI is InChI=1S/C46H77N9O8/c1-12-28(9)37-46(63)51-34(24-31-19-15-14-16-20-31)41(58)50-33(23-25(3)4)42(59)53-35(26(5)6)43(60)48-30(11)39(56)52-36(27(7)8)44(61)55-38(29(10)13-2)45(62)49-32(40(57)54-37)21-17-18-22-47/h14-16,19-20,25-30,32-38H,12-13,17-18,21-24,47H2,1-11H3,(H,48,60)(H,49,62)(H,50,58)(H,51,63)(H,52,56)(H,53,59)(H,54,57)(H,55,61)/t28-,29+,30+,32-,33+,34+,35-,36-,37-,38+/m0/s1. The zero-order valence-corrected chi connectivity index (χ0v) is 39.4. The molecule has 10 N–H and O–H groups in total. The van der Waals surface area contributed by atoms with Crippen LogP contribution < -0.4 is 48.3 Å². The van der Waals surface area contributed by atoms with Crippen molar-refractivity contribution in [1.29, 1.82) is 0 Å². The molecule has 1 aromatic carbocycles. The molecular weight excluding hydrogens is 807 g/mol. The summed E-state index contributed by atoms with van der Waals surface area (Å²) in [6, 6.07) is -0.0804. The smallest absolute Gasteiger partial charge is 0.243 e. The third kappa shape index (κ3) is 17.2. The fraction of sp³-hybridized carbons (Fsp3) is 0.696. The number of amides is 8. The van der Waals surface area contributed by atoms with Gasteiger partial charge in [-0.15, -0.1) is 0 Å². The molecule has 1 aliphatic rings. The number of hydrogen-bond acceptors (Lipinski definition) is 9. The normalized spacial score (nSPS) is 26.6. The summed E-state index contributed by atoms with van der Waals surface area (Å²) in [5.74, 6) is -6.97. The van der Waals surface area contributed by atoms with Crippen LogP contribution in [0.1, 0.15) is 120 Å². The highest BCUT2D eigenvalue weighted by molar-refractivity contribution is 5.99. The number of unbranched alkanes of at least 4 members (excludes halogenated alkanes) is 1. The van der Waals surface area contributed by atoms with Gasteiger partial charge in [0.15, 0.2) is 0 Å². The molecule has 1 saturated heterocycles. The monoisotopic (exact) mass is 884 g/mol. The van der Waals surface area contributed by atoms with Gasteiger partial charge < -0.3 is 48.3 Å². The van der Waals surface area contributed by atoms with E-state index >= 15 is 0 Å². The Labute approximate surface area is 374 Å². The molecule has 1 aromatic rings. The van der Waals surface area contributed by atoms with Gasteiger partial charge >= 0.3 is 0 Å². The molecule has 1 heterocycles. The SMILES string of the molecule is CC[C@@H](C)[C@H]1NC(=O)[C@H](C(C)C)NC(=O)[C@@H](C)NC(=O)[C@H](C(C)C)NC(=O)[C@@H](CC(C)C)NC(=O)[C@@H](Cc2ccccc2)NC(=O)[C@H]([C@@H](C)CC)NC(=O)[C@H](CCCCN)NC1=O. The van der Waals surface area contributed by atoms with Crippen molar-refractivity contribution in [3.8, 4) is 0 Å². The molecule has 63 heavy (non-hydrogen) atoms. The minimum absolute atomic E-state index is 0.0464. The maximum absolute atomic E-state index is 14.4. The number of carbonyl (C=O) groups excluding carboxylic acids is 8. The number of nitrogens with two attached hydrogens (primary N) is 1. The molecule has 0 bridgehead atoms. The van der Waals surface area contributed by atoms with Crippen molar-refractivity contribution in [3.05, 3.63) is 35.9 Å². The maximum Gasteiger partial charge on any atom is 0.243 e. The Kier molecular flexibility index (Phi) is 22.8. The average Bonchev–Trinajstić information content (AvgIpc) is 3.23. The zero-order valence-electron chi connectivity index (χ0n) is 39.4. The molecule has 10 atom stereocenters. The van der Waals surface area contributed by atoms with E-state index in [9.17, 15) is 38.4 Å². The minimum Gasteiger partial charge on any atom is -0.343 e. The average molecular weight is 884 g/mol. The fourth-order valence-corrected chi connectivity index (χ4v) is 7.19. The van der Waals surface area contributed by atoms with Crippen LogP contribution in [0.4, 0.5) is 0 Å². The quantitative estimate of drug-likeness (QED) is 0.123. The summed E-state index contributed by atoms with van der Waals surface area (Å²) in [7, 11) is 0. The number of benzene rings is 1. The number of rotatable bonds is 14. The van der Waals surface area contributed by atoms with E-state index in [2.05, 4.69) is 42.5 Å². The molecule has 1 aliphatic heterocycles. The van der Waals surface area contributed by atoms with Crippen LogP contribution in [0.2, 0.25) is 0 Å². The van der Waals surface area contributed by atoms with Crippen molar-refractivity contribution in [2.24, 2.45) is 35.3 Å². The van der Waals surface area contributed by atoms with Crippen LogP contribution in [0.3, 0.4) is 0 Å². The van der Waals surface area contributed by atoms with E-state index in [0.29, 0.717) is 32.2 Å². The van der Waals surface area contributed by atoms with Gasteiger partial charge in [0.2, 0.25) is 47.3 Å². The summed E-state index contributed by atoms with van der Waals surface area (Å²) in [4.78, 5) is 112. The lowest BCUT2D eigenvalue weighted by Gasteiger charge is -2.32. The maximum atomic E-state index is 14.4. The van der Waals surface area contributed by atoms with Crippen LogP contribution >= 0.6 is 0 Å². The van der Waals surface area contributed by atoms with Gasteiger partial charge in [-0.1, -0.05) is 112 Å². The summed E-state index contributed by atoms with van der Waals surface area (Å²) in [5, 5.41) is 22.3. The predicted molar refractivity (Wildman–Crippen MR) is 242 cm³/mol. The summed E-state index contributed by atoms with van der Waals surface area (Å²) >= 11 is 0. The Morgan fingerprint density at radius 2 is 0.905 bits per heavy atom. The van der Waals surface area contributed by atoms with Gasteiger partial charge in [0.1, 0.15) is 48.3 Å². The molecular formula is C46H77N9O8. The largest absolute Gasteiger partial charge is 0.343 e. The van der Waals surface area contributed by atoms with Crippen LogP contribution in [0.15, 0.2) is 30.3 Å². The van der Waals surface area contributed by atoms with Gasteiger partial charge in [-0.3, -0.25) is 38.4 Å². The van der Waals surface area contributed by atoms with Crippen molar-refractivity contribution in [2.75, 3.05) is 6.54 Å². The Hall–Kier alpha value is -5.06. The topological polar surface area (TPSA) is 259 Å². The summed E-state index contributed by atoms with van der Waals surface area (Å²) in [6.07, 6.45) is 2.37. The van der Waals surface area contributed by atoms with Crippen LogP contribution in [0.25, 0.3) is 0 Å². The van der Waals surface area contributed by atoms with Crippen LogP contribution in [0.5, 0.6) is 0 Å². The molecule has 8 amide bonds. The zero-order chi connectivity index (χ0) is 47.6. The summed E-state index contributed by atoms with van der Waals surface area (Å²) in [5.41, 5.74) is 6.51. The molecule has 1 fully saturated rings. The molecule has 0 spiro atoms. The lowest BCUT2D eigenvalue weighted by Crippen LogP contribution is -2.63. The Morgan fingerprint density at radius 3 is 1.40 bits per heavy atom. The van der Waals surface area contributed by atoms with E-state index < -0.39 is 119 Å². The van der Waals surface area contributed by atoms with Gasteiger partial charge in [-0.25, -0.2) is 0 Å². The molecule has 2 rings (SSSR count). The van der Waals surface area contributed by atoms with Crippen LogP contribution in [-0.4, -0.2) is 102 Å². The lowest BCUT2D eigenvalue weighted by molar-refractivity contribution is -0.138. The first kappa shape index (κ1) is 54.1. The van der Waals surface area contributed by atoms with Crippen molar-refractivity contribution < 1.29 is 38.4 Å². The molecule has 0 unspecified atom stereocenters. The predicted octanol–water partition coefficient (Wildman–Crippen LogP) is 1.72. The molecule has 17 nitrogen and oxygen atoms in total. The first-order chi connectivity index (χ1) is 29.6. The highest BCUT2D eigenvalue weighted by Crippen LogP contribution is 2.16. The van der Waals surface area contributed by atoms with E-state index in [4.69, 9.17) is 5.73 Å². The molecule has 354 valence electrons. The van der Waals surface area contributed by atoms with Gasteiger partial charge in [0.05, 0.1) is 0 Å². The first-order valence-electron chi connectivity index (χ1n) is 22.8. The highest BCUT2D eigenvalue weighted by Gasteiger charge is 2.38. The van der Waals surface area contributed by atoms with Crippen molar-refractivity contribution in [3.63, 3.8) is 0 Å². The van der Waals surface area contributed by atoms with E-state index in [-0.39, 0.29) is 25.2 Å². The third-order valence-corrected chi connectivity index (χ3v) is 11.7. The molecule has 0 aliphatic carbocycles.